The van der Waals surface area contributed by atoms with Gasteiger partial charge in [0.25, 0.3) is 0 Å². The number of carboxylic acid groups (broad SMARTS) is 1. The molecule has 0 aliphatic heterocycles. The summed E-state index contributed by atoms with van der Waals surface area (Å²) >= 11 is 0. The minimum absolute atomic E-state index is 0.000547. The zero-order valence-electron chi connectivity index (χ0n) is 30.2. The lowest BCUT2D eigenvalue weighted by molar-refractivity contribution is -0.145. The molecule has 13 nitrogen and oxygen atoms in total. The number of nitrogens with two attached hydrogens (primary N) is 2. The topological polar surface area (TPSA) is 226 Å². The Balaban J connectivity index is 5.01. The number of nitrogens with one attached hydrogen (secondary N) is 4. The van der Waals surface area contributed by atoms with Gasteiger partial charge in [0.1, 0.15) is 18.1 Å². The first-order chi connectivity index (χ1) is 22.9. The zero-order valence-corrected chi connectivity index (χ0v) is 30.2. The third-order valence-corrected chi connectivity index (χ3v) is 8.49. The highest BCUT2D eigenvalue weighted by Crippen LogP contribution is 2.13. The van der Waals surface area contributed by atoms with Crippen LogP contribution in [0.15, 0.2) is 0 Å². The fourth-order valence-electron chi connectivity index (χ4n) is 5.46. The van der Waals surface area contributed by atoms with E-state index in [2.05, 4.69) is 28.2 Å². The van der Waals surface area contributed by atoms with Crippen molar-refractivity contribution < 1.29 is 34.2 Å². The highest BCUT2D eigenvalue weighted by molar-refractivity contribution is 5.95. The van der Waals surface area contributed by atoms with E-state index in [-0.39, 0.29) is 24.8 Å². The fourth-order valence-corrected chi connectivity index (χ4v) is 5.46. The van der Waals surface area contributed by atoms with E-state index in [0.29, 0.717) is 32.2 Å². The standard InChI is InChI=1S/C35H68N6O7/c1-5-6-7-8-9-10-11-12-13-14-15-16-17-21-29(43)38-27(20-18-19-23-36)32(44)40-30(25(2)3)34(46)39-28(22-24-37)33(45)41-31(26(4)42)35(47)48/h25-28,30-31,42H,5-24,36-37H2,1-4H3,(H,38,43)(H,39,46)(H,40,44)(H,41,45)(H,47,48). The lowest BCUT2D eigenvalue weighted by Crippen LogP contribution is -2.60. The molecule has 0 fully saturated rings. The van der Waals surface area contributed by atoms with Crippen molar-refractivity contribution in [2.75, 3.05) is 13.1 Å². The molecule has 5 atom stereocenters. The van der Waals surface area contributed by atoms with Crippen molar-refractivity contribution in [2.45, 2.75) is 174 Å². The maximum absolute atomic E-state index is 13.4. The maximum atomic E-state index is 13.4. The quantitative estimate of drug-likeness (QED) is 0.0520. The number of hydrogen-bond donors (Lipinski definition) is 8. The third kappa shape index (κ3) is 21.3. The fraction of sp³-hybridized carbons (Fsp3) is 0.857. The smallest absolute Gasteiger partial charge is 0.328 e. The van der Waals surface area contributed by atoms with Gasteiger partial charge in [-0.05, 0) is 58.0 Å². The molecule has 0 aliphatic rings. The predicted octanol–water partition coefficient (Wildman–Crippen LogP) is 3.01. The van der Waals surface area contributed by atoms with Gasteiger partial charge in [0.05, 0.1) is 6.10 Å². The van der Waals surface area contributed by atoms with E-state index < -0.39 is 54.0 Å². The molecular weight excluding hydrogens is 616 g/mol. The maximum Gasteiger partial charge on any atom is 0.328 e. The van der Waals surface area contributed by atoms with E-state index in [1.165, 1.54) is 64.7 Å². The molecule has 5 unspecified atom stereocenters. The van der Waals surface area contributed by atoms with Crippen molar-refractivity contribution in [3.63, 3.8) is 0 Å². The number of aliphatic carboxylic acids is 1. The Bertz CT molecular complexity index is 918. The lowest BCUT2D eigenvalue weighted by atomic mass is 10.0. The summed E-state index contributed by atoms with van der Waals surface area (Å²) in [5.74, 6) is -4.03. The van der Waals surface area contributed by atoms with Crippen LogP contribution in [-0.4, -0.2) is 83.2 Å². The summed E-state index contributed by atoms with van der Waals surface area (Å²) in [7, 11) is 0. The van der Waals surface area contributed by atoms with Crippen LogP contribution in [0, 0.1) is 5.92 Å². The van der Waals surface area contributed by atoms with E-state index in [4.69, 9.17) is 11.5 Å². The van der Waals surface area contributed by atoms with Gasteiger partial charge in [0.2, 0.25) is 23.6 Å². The number of rotatable bonds is 30. The summed E-state index contributed by atoms with van der Waals surface area (Å²) in [5, 5.41) is 29.4. The molecule has 0 bridgehead atoms. The molecule has 13 heteroatoms. The summed E-state index contributed by atoms with van der Waals surface area (Å²) in [6, 6.07) is -4.67. The second kappa shape index (κ2) is 28.1. The average Bonchev–Trinajstić information content (AvgIpc) is 3.03. The van der Waals surface area contributed by atoms with Crippen LogP contribution in [-0.2, 0) is 24.0 Å². The van der Waals surface area contributed by atoms with Gasteiger partial charge in [-0.2, -0.15) is 0 Å². The van der Waals surface area contributed by atoms with Crippen LogP contribution in [0.5, 0.6) is 0 Å². The molecule has 10 N–H and O–H groups in total. The van der Waals surface area contributed by atoms with Crippen LogP contribution >= 0.6 is 0 Å². The van der Waals surface area contributed by atoms with Crippen LogP contribution in [0.3, 0.4) is 0 Å². The summed E-state index contributed by atoms with van der Waals surface area (Å²) in [5.41, 5.74) is 11.3. The summed E-state index contributed by atoms with van der Waals surface area (Å²) in [4.78, 5) is 63.7. The van der Waals surface area contributed by atoms with Crippen molar-refractivity contribution in [3.05, 3.63) is 0 Å². The van der Waals surface area contributed by atoms with E-state index in [9.17, 15) is 34.2 Å². The van der Waals surface area contributed by atoms with E-state index >= 15 is 0 Å². The van der Waals surface area contributed by atoms with Crippen LogP contribution in [0.1, 0.15) is 143 Å². The summed E-state index contributed by atoms with van der Waals surface area (Å²) < 4.78 is 0. The van der Waals surface area contributed by atoms with Gasteiger partial charge in [-0.15, -0.1) is 0 Å². The van der Waals surface area contributed by atoms with Crippen LogP contribution in [0.4, 0.5) is 0 Å². The highest BCUT2D eigenvalue weighted by Gasteiger charge is 2.33. The molecule has 0 aromatic heterocycles. The summed E-state index contributed by atoms with van der Waals surface area (Å²) in [6.45, 7) is 7.37. The van der Waals surface area contributed by atoms with Gasteiger partial charge in [0, 0.05) is 6.42 Å². The van der Waals surface area contributed by atoms with Crippen LogP contribution < -0.4 is 32.7 Å². The first-order valence-corrected chi connectivity index (χ1v) is 18.4. The molecule has 4 amide bonds. The molecule has 280 valence electrons. The molecule has 0 aromatic rings. The molecule has 0 saturated heterocycles. The van der Waals surface area contributed by atoms with E-state index in [1.54, 1.807) is 13.8 Å². The Morgan fingerprint density at radius 2 is 1.04 bits per heavy atom. The predicted molar refractivity (Wildman–Crippen MR) is 189 cm³/mol. The molecular formula is C35H68N6O7. The minimum Gasteiger partial charge on any atom is -0.480 e. The molecule has 0 spiro atoms. The van der Waals surface area contributed by atoms with Crippen molar-refractivity contribution >= 4 is 29.6 Å². The Kier molecular flexibility index (Phi) is 26.5. The van der Waals surface area contributed by atoms with Crippen molar-refractivity contribution in [3.8, 4) is 0 Å². The molecule has 0 aromatic carbocycles. The minimum atomic E-state index is -1.58. The Hall–Kier alpha value is -2.77. The molecule has 0 radical (unpaired) electrons. The molecule has 48 heavy (non-hydrogen) atoms. The second-order valence-corrected chi connectivity index (χ2v) is 13.3. The summed E-state index contributed by atoms with van der Waals surface area (Å²) in [6.07, 6.45) is 16.2. The van der Waals surface area contributed by atoms with Gasteiger partial charge in [-0.1, -0.05) is 97.8 Å². The number of amides is 4. The third-order valence-electron chi connectivity index (χ3n) is 8.49. The number of carbonyl (C=O) groups is 5. The van der Waals surface area contributed by atoms with Gasteiger partial charge in [-0.25, -0.2) is 4.79 Å². The monoisotopic (exact) mass is 685 g/mol. The number of carboxylic acids is 1. The van der Waals surface area contributed by atoms with Gasteiger partial charge >= 0.3 is 5.97 Å². The number of aliphatic hydroxyl groups is 1. The van der Waals surface area contributed by atoms with Gasteiger partial charge < -0.3 is 42.9 Å². The van der Waals surface area contributed by atoms with Crippen molar-refractivity contribution in [1.29, 1.82) is 0 Å². The Labute approximate surface area is 288 Å². The number of carbonyl (C=O) groups excluding carboxylic acids is 4. The second-order valence-electron chi connectivity index (χ2n) is 13.3. The van der Waals surface area contributed by atoms with Crippen LogP contribution in [0.2, 0.25) is 0 Å². The molecule has 0 heterocycles. The van der Waals surface area contributed by atoms with Crippen LogP contribution in [0.25, 0.3) is 0 Å². The molecule has 0 saturated carbocycles. The average molecular weight is 685 g/mol. The number of unbranched alkanes of at least 4 members (excludes halogenated alkanes) is 13. The number of hydrogen-bond acceptors (Lipinski definition) is 8. The lowest BCUT2D eigenvalue weighted by Gasteiger charge is -2.28. The normalized spacial score (nSPS) is 14.4. The first kappa shape index (κ1) is 45.2. The molecule has 0 aliphatic carbocycles. The van der Waals surface area contributed by atoms with Gasteiger partial charge in [-0.3, -0.25) is 19.2 Å². The largest absolute Gasteiger partial charge is 0.480 e. The molecule has 0 rings (SSSR count). The Morgan fingerprint density at radius 1 is 0.562 bits per heavy atom. The van der Waals surface area contributed by atoms with Crippen molar-refractivity contribution in [2.24, 2.45) is 17.4 Å². The number of aliphatic hydroxyl groups excluding tert-OH is 1. The first-order valence-electron chi connectivity index (χ1n) is 18.4. The van der Waals surface area contributed by atoms with Gasteiger partial charge in [0.15, 0.2) is 6.04 Å². The highest BCUT2D eigenvalue weighted by atomic mass is 16.4. The van der Waals surface area contributed by atoms with E-state index in [0.717, 1.165) is 25.7 Å². The van der Waals surface area contributed by atoms with Crippen molar-refractivity contribution in [1.82, 2.24) is 21.3 Å². The Morgan fingerprint density at radius 3 is 1.48 bits per heavy atom. The van der Waals surface area contributed by atoms with E-state index in [1.807, 2.05) is 0 Å². The SMILES string of the molecule is CCCCCCCCCCCCCCCC(=O)NC(CCCCN)C(=O)NC(C(=O)NC(CCN)C(=O)NC(C(=O)O)C(C)O)C(C)C. The zero-order chi connectivity index (χ0) is 36.3.